The highest BCUT2D eigenvalue weighted by molar-refractivity contribution is 7.89. The molecule has 85 heavy (non-hydrogen) atoms. The second-order valence-corrected chi connectivity index (χ2v) is 24.9. The maximum Gasteiger partial charge on any atom is 0.326 e. The highest BCUT2D eigenvalue weighted by Crippen LogP contribution is 2.40. The predicted molar refractivity (Wildman–Crippen MR) is 310 cm³/mol. The molecule has 448 valence electrons. The Balaban J connectivity index is 0.626. The standard InChI is InChI=1S/C59H70N14O11S/c1-38-33-70(57-63-31-41(32-64-57)48-15-14-47-53(75)59(5,6)73(54(47)65-48)34-40-10-8-19-61-50(40)29-60)20-21-72(38)52(74)36-71-35-43(67-69-71)37-82-24-23-81-22-9-25-85(79,80)68-42-26-46(27-42)83-44-11-7-12-45(28-44)84-51-16-13-39(30-62-51)55(76)66-49(56(77)78)17-18-58(2,3)4/h7-8,10-16,19,28,30-32,35,38,42,46,49,68H,9,17-18,20-27,33-34,36-37H2,1-6H3,(H,66,76)(H,77,78)/t38-,42?,46?,49+/m1/s1. The minimum Gasteiger partial charge on any atom is -0.490 e. The summed E-state index contributed by atoms with van der Waals surface area (Å²) >= 11 is 0. The molecule has 9 rings (SSSR count). The van der Waals surface area contributed by atoms with Crippen LogP contribution in [0.2, 0.25) is 0 Å². The van der Waals surface area contributed by atoms with Crippen LogP contribution in [0.5, 0.6) is 17.4 Å². The number of amides is 2. The van der Waals surface area contributed by atoms with Gasteiger partial charge in [0.2, 0.25) is 27.8 Å². The average molecular weight is 1180 g/mol. The third-order valence-corrected chi connectivity index (χ3v) is 16.4. The highest BCUT2D eigenvalue weighted by Gasteiger charge is 2.45. The lowest BCUT2D eigenvalue weighted by Gasteiger charge is -2.39. The summed E-state index contributed by atoms with van der Waals surface area (Å²) < 4.78 is 53.2. The molecule has 0 unspecified atom stereocenters. The first-order valence-corrected chi connectivity index (χ1v) is 29.8. The Hall–Kier alpha value is -8.51. The number of pyridine rings is 3. The normalized spacial score (nSPS) is 17.8. The van der Waals surface area contributed by atoms with Crippen LogP contribution >= 0.6 is 0 Å². The fraction of sp³-hybridized carbons (Fsp3) is 0.458. The van der Waals surface area contributed by atoms with E-state index in [0.717, 1.165) is 0 Å². The molecule has 0 bridgehead atoms. The van der Waals surface area contributed by atoms with Crippen LogP contribution in [0.25, 0.3) is 11.3 Å². The number of anilines is 2. The number of ketones is 1. The van der Waals surface area contributed by atoms with Gasteiger partial charge in [-0.2, -0.15) is 5.26 Å². The van der Waals surface area contributed by atoms with Gasteiger partial charge >= 0.3 is 5.97 Å². The topological polar surface area (TPSA) is 312 Å². The number of hydrogen-bond acceptors (Lipinski definition) is 20. The van der Waals surface area contributed by atoms with Gasteiger partial charge < -0.3 is 44.1 Å². The number of aliphatic carboxylic acids is 1. The number of hydrogen-bond donors (Lipinski definition) is 3. The number of fused-ring (bicyclic) bond motifs is 1. The Morgan fingerprint density at radius 1 is 0.941 bits per heavy atom. The van der Waals surface area contributed by atoms with Crippen molar-refractivity contribution < 1.29 is 51.6 Å². The molecule has 3 aliphatic rings. The molecule has 5 aromatic heterocycles. The molecule has 25 nitrogen and oxygen atoms in total. The number of nitrogens with zero attached hydrogens (tertiary/aromatic N) is 12. The molecule has 6 aromatic rings. The summed E-state index contributed by atoms with van der Waals surface area (Å²) in [7, 11) is -3.56. The van der Waals surface area contributed by atoms with Crippen LogP contribution in [0, 0.1) is 16.7 Å². The summed E-state index contributed by atoms with van der Waals surface area (Å²) in [6, 6.07) is 17.8. The maximum atomic E-state index is 13.5. The molecule has 1 saturated carbocycles. The van der Waals surface area contributed by atoms with E-state index in [1.165, 1.54) is 23.0 Å². The molecular formula is C59H70N14O11S. The first-order valence-electron chi connectivity index (χ1n) is 28.1. The number of rotatable bonds is 26. The lowest BCUT2D eigenvalue weighted by Crippen LogP contribution is -2.55. The van der Waals surface area contributed by atoms with Gasteiger partial charge in [0.1, 0.15) is 53.5 Å². The van der Waals surface area contributed by atoms with E-state index >= 15 is 0 Å². The molecule has 2 atom stereocenters. The molecule has 0 radical (unpaired) electrons. The van der Waals surface area contributed by atoms with E-state index in [0.29, 0.717) is 109 Å². The number of aromatic nitrogens is 8. The summed E-state index contributed by atoms with van der Waals surface area (Å²) in [5, 5.41) is 30.1. The van der Waals surface area contributed by atoms with Crippen LogP contribution in [0.15, 0.2) is 91.6 Å². The fourth-order valence-electron chi connectivity index (χ4n) is 10.1. The van der Waals surface area contributed by atoms with Crippen LogP contribution in [0.1, 0.15) is 111 Å². The number of sulfonamides is 1. The van der Waals surface area contributed by atoms with E-state index in [2.05, 4.69) is 46.4 Å². The fourth-order valence-corrected chi connectivity index (χ4v) is 11.4. The smallest absolute Gasteiger partial charge is 0.326 e. The van der Waals surface area contributed by atoms with E-state index in [1.807, 2.05) is 57.4 Å². The minimum absolute atomic E-state index is 0.000623. The van der Waals surface area contributed by atoms with Gasteiger partial charge in [-0.05, 0) is 81.8 Å². The molecule has 1 saturated heterocycles. The summed E-state index contributed by atoms with van der Waals surface area (Å²) in [4.78, 5) is 79.8. The van der Waals surface area contributed by atoms with Crippen molar-refractivity contribution in [2.45, 2.75) is 123 Å². The van der Waals surface area contributed by atoms with E-state index in [-0.39, 0.29) is 92.0 Å². The summed E-state index contributed by atoms with van der Waals surface area (Å²) in [6.07, 6.45) is 9.94. The zero-order valence-electron chi connectivity index (χ0n) is 48.4. The number of piperazine rings is 1. The first-order chi connectivity index (χ1) is 40.6. The Bertz CT molecular complexity index is 3510. The monoisotopic (exact) mass is 1180 g/mol. The number of nitrogens with one attached hydrogen (secondary N) is 2. The van der Waals surface area contributed by atoms with Gasteiger partial charge in [0, 0.05) is 106 Å². The Kier molecular flexibility index (Phi) is 19.1. The van der Waals surface area contributed by atoms with Crippen molar-refractivity contribution in [3.8, 4) is 34.7 Å². The third-order valence-electron chi connectivity index (χ3n) is 14.9. The van der Waals surface area contributed by atoms with Gasteiger partial charge in [-0.3, -0.25) is 14.4 Å². The van der Waals surface area contributed by atoms with Crippen molar-refractivity contribution >= 4 is 45.4 Å². The van der Waals surface area contributed by atoms with Crippen molar-refractivity contribution in [1.29, 1.82) is 5.26 Å². The largest absolute Gasteiger partial charge is 0.490 e. The number of benzene rings is 1. The second kappa shape index (κ2) is 26.6. The Morgan fingerprint density at radius 3 is 2.45 bits per heavy atom. The van der Waals surface area contributed by atoms with E-state index in [1.54, 1.807) is 72.2 Å². The lowest BCUT2D eigenvalue weighted by atomic mass is 9.88. The number of carboxylic acid groups (broad SMARTS) is 1. The lowest BCUT2D eigenvalue weighted by molar-refractivity contribution is -0.139. The van der Waals surface area contributed by atoms with E-state index in [4.69, 9.17) is 23.9 Å². The van der Waals surface area contributed by atoms with Gasteiger partial charge in [-0.1, -0.05) is 38.1 Å². The number of carboxylic acids is 1. The van der Waals surface area contributed by atoms with Crippen molar-refractivity contribution in [3.63, 3.8) is 0 Å². The summed E-state index contributed by atoms with van der Waals surface area (Å²) in [5.74, 6) is 0.313. The SMILES string of the molecule is C[C@@H]1CN(c2ncc(-c3ccc4c(n3)N(Cc3cccnc3C#N)C(C)(C)C4=O)cn2)CCN1C(=O)Cn1cc(COCCOCCCS(=O)(=O)NC2CC(Oc3cccc(Oc4ccc(C(=O)N[C@@H](CCC(C)(C)C)C(=O)O)cn4)c3)C2)nn1. The quantitative estimate of drug-likeness (QED) is 0.0543. The molecular weight excluding hydrogens is 1110 g/mol. The van der Waals surface area contributed by atoms with Gasteiger partial charge in [-0.25, -0.2) is 47.5 Å². The molecule has 7 heterocycles. The second-order valence-electron chi connectivity index (χ2n) is 23.0. The number of carbonyl (C=O) groups is 4. The molecule has 1 aromatic carbocycles. The predicted octanol–water partition coefficient (Wildman–Crippen LogP) is 5.76. The minimum atomic E-state index is -3.56. The highest BCUT2D eigenvalue weighted by atomic mass is 32.2. The zero-order chi connectivity index (χ0) is 60.5. The van der Waals surface area contributed by atoms with Crippen molar-refractivity contribution in [2.24, 2.45) is 5.41 Å². The molecule has 26 heteroatoms. The van der Waals surface area contributed by atoms with Crippen LogP contribution < -0.4 is 29.3 Å². The summed E-state index contributed by atoms with van der Waals surface area (Å²) in [6.45, 7) is 14.3. The van der Waals surface area contributed by atoms with Gasteiger partial charge in [0.05, 0.1) is 54.1 Å². The molecule has 0 spiro atoms. The van der Waals surface area contributed by atoms with E-state index in [9.17, 15) is 38.0 Å². The average Bonchev–Trinajstić information content (AvgIpc) is 1.84. The van der Waals surface area contributed by atoms with Crippen LogP contribution in [0.4, 0.5) is 11.8 Å². The number of nitriles is 1. The van der Waals surface area contributed by atoms with Crippen molar-refractivity contribution in [2.75, 3.05) is 55.0 Å². The van der Waals surface area contributed by atoms with Gasteiger partial charge in [-0.15, -0.1) is 5.10 Å². The number of Topliss-reactive ketones (excluding diaryl/α,β-unsaturated/α-hetero) is 1. The molecule has 2 aliphatic heterocycles. The zero-order valence-corrected chi connectivity index (χ0v) is 49.2. The van der Waals surface area contributed by atoms with Crippen LogP contribution in [-0.2, 0) is 48.8 Å². The van der Waals surface area contributed by atoms with Crippen LogP contribution in [-0.4, -0.2) is 157 Å². The van der Waals surface area contributed by atoms with Gasteiger partial charge in [0.15, 0.2) is 5.78 Å². The van der Waals surface area contributed by atoms with Crippen LogP contribution in [0.3, 0.4) is 0 Å². The Morgan fingerprint density at radius 2 is 1.72 bits per heavy atom. The molecule has 2 fully saturated rings. The van der Waals surface area contributed by atoms with Crippen molar-refractivity contribution in [3.05, 3.63) is 120 Å². The third kappa shape index (κ3) is 15.8. The first kappa shape index (κ1) is 61.1. The Labute approximate surface area is 493 Å². The molecule has 1 aliphatic carbocycles. The molecule has 3 N–H and O–H groups in total. The maximum absolute atomic E-state index is 13.5. The van der Waals surface area contributed by atoms with Gasteiger partial charge in [0.25, 0.3) is 5.91 Å². The molecule has 2 amide bonds. The van der Waals surface area contributed by atoms with Crippen molar-refractivity contribution in [1.82, 2.24) is 54.9 Å². The number of ether oxygens (including phenoxy) is 4. The van der Waals surface area contributed by atoms with E-state index < -0.39 is 33.5 Å². The summed E-state index contributed by atoms with van der Waals surface area (Å²) in [5.41, 5.74) is 2.53. The number of carbonyl (C=O) groups excluding carboxylic acids is 3.